The fourth-order valence-corrected chi connectivity index (χ4v) is 4.54. The van der Waals surface area contributed by atoms with Gasteiger partial charge in [0.05, 0.1) is 24.5 Å². The number of nitrogen functional groups attached to an aromatic ring is 1. The summed E-state index contributed by atoms with van der Waals surface area (Å²) >= 11 is 0. The van der Waals surface area contributed by atoms with Crippen molar-refractivity contribution >= 4 is 28.8 Å². The second-order valence-electron chi connectivity index (χ2n) is 10.3. The first-order chi connectivity index (χ1) is 18.0. The number of carbonyl (C=O) groups is 1. The van der Waals surface area contributed by atoms with Crippen molar-refractivity contribution < 1.29 is 9.53 Å². The number of pyridine rings is 1. The molecular weight excluding hydrogens is 488 g/mol. The molecule has 0 spiro atoms. The van der Waals surface area contributed by atoms with E-state index >= 15 is 0 Å². The van der Waals surface area contributed by atoms with Crippen molar-refractivity contribution in [2.75, 3.05) is 23.7 Å². The van der Waals surface area contributed by atoms with Gasteiger partial charge in [-0.1, -0.05) is 5.92 Å². The summed E-state index contributed by atoms with van der Waals surface area (Å²) in [7, 11) is 0. The fraction of sp³-hybridized carbons (Fsp3) is 0.500. The van der Waals surface area contributed by atoms with Gasteiger partial charge in [0, 0.05) is 25.3 Å². The van der Waals surface area contributed by atoms with Crippen LogP contribution in [-0.4, -0.2) is 54.4 Å². The largest absolute Gasteiger partial charge is 0.459 e. The fourth-order valence-electron chi connectivity index (χ4n) is 4.54. The number of hydrogen-bond acceptors (Lipinski definition) is 9. The summed E-state index contributed by atoms with van der Waals surface area (Å²) in [5.41, 5.74) is 11.2. The molecule has 1 saturated heterocycles. The molecule has 1 aliphatic heterocycles. The first-order valence-electron chi connectivity index (χ1n) is 12.6. The number of ether oxygens (including phenoxy) is 1. The molecule has 0 radical (unpaired) electrons. The van der Waals surface area contributed by atoms with Crippen LogP contribution in [0, 0.1) is 11.8 Å². The average Bonchev–Trinajstić information content (AvgIpc) is 3.22. The molecule has 0 bridgehead atoms. The standard InChI is InChI=1S/C26H34N8O4/c1-5-6-13-32-21-22(30-24(32)31-12-8-9-17(27)14-31)33(16-20(35)38-26(2,3)4)25(37)34(23(21)36)15-19-18(28)10-7-11-29-19/h7,10-11,17H,8-9,12-16,27-28H2,1-4H3. The Labute approximate surface area is 220 Å². The van der Waals surface area contributed by atoms with Gasteiger partial charge in [-0.3, -0.25) is 28.3 Å². The molecule has 3 aromatic rings. The van der Waals surface area contributed by atoms with Crippen LogP contribution in [0.2, 0.25) is 0 Å². The van der Waals surface area contributed by atoms with E-state index in [-0.39, 0.29) is 30.3 Å². The van der Waals surface area contributed by atoms with Gasteiger partial charge in [0.15, 0.2) is 11.2 Å². The molecule has 4 heterocycles. The van der Waals surface area contributed by atoms with Crippen LogP contribution < -0.4 is 27.6 Å². The van der Waals surface area contributed by atoms with Crippen molar-refractivity contribution in [3.8, 4) is 11.8 Å². The smallest absolute Gasteiger partial charge is 0.333 e. The number of hydrogen-bond donors (Lipinski definition) is 2. The van der Waals surface area contributed by atoms with Gasteiger partial charge in [-0.15, -0.1) is 5.92 Å². The molecular formula is C26H34N8O4. The Morgan fingerprint density at radius 3 is 2.66 bits per heavy atom. The number of aromatic nitrogens is 5. The highest BCUT2D eigenvalue weighted by Gasteiger charge is 2.28. The Bertz CT molecular complexity index is 1530. The Morgan fingerprint density at radius 1 is 1.24 bits per heavy atom. The lowest BCUT2D eigenvalue weighted by molar-refractivity contribution is -0.155. The monoisotopic (exact) mass is 522 g/mol. The minimum absolute atomic E-state index is 0.0537. The maximum absolute atomic E-state index is 13.9. The summed E-state index contributed by atoms with van der Waals surface area (Å²) in [6, 6.07) is 3.26. The van der Waals surface area contributed by atoms with E-state index in [9.17, 15) is 14.4 Å². The van der Waals surface area contributed by atoms with E-state index < -0.39 is 29.4 Å². The lowest BCUT2D eigenvalue weighted by Gasteiger charge is -2.31. The lowest BCUT2D eigenvalue weighted by Crippen LogP contribution is -2.44. The minimum Gasteiger partial charge on any atom is -0.459 e. The van der Waals surface area contributed by atoms with Gasteiger partial charge >= 0.3 is 11.7 Å². The Balaban J connectivity index is 1.98. The SMILES string of the molecule is CC#CCn1c(N2CCCC(N)C2)nc2c1c(=O)n(Cc1ncccc1N)c(=O)n2CC(=O)OC(C)(C)C. The average molecular weight is 523 g/mol. The topological polar surface area (TPSA) is 156 Å². The molecule has 3 aromatic heterocycles. The third kappa shape index (κ3) is 5.57. The predicted octanol–water partition coefficient (Wildman–Crippen LogP) is 0.678. The molecule has 0 aliphatic carbocycles. The van der Waals surface area contributed by atoms with Crippen LogP contribution in [-0.2, 0) is 29.2 Å². The van der Waals surface area contributed by atoms with E-state index in [0.717, 1.165) is 17.4 Å². The first-order valence-corrected chi connectivity index (χ1v) is 12.6. The molecule has 0 amide bonds. The number of nitrogens with zero attached hydrogens (tertiary/aromatic N) is 6. The second kappa shape index (κ2) is 10.7. The normalized spacial score (nSPS) is 15.8. The molecule has 12 heteroatoms. The zero-order valence-electron chi connectivity index (χ0n) is 22.2. The molecule has 4 rings (SSSR count). The van der Waals surface area contributed by atoms with Crippen molar-refractivity contribution in [1.82, 2.24) is 23.7 Å². The van der Waals surface area contributed by atoms with E-state index in [0.29, 0.717) is 30.4 Å². The molecule has 4 N–H and O–H groups in total. The summed E-state index contributed by atoms with van der Waals surface area (Å²) in [5, 5.41) is 0. The first kappa shape index (κ1) is 26.9. The van der Waals surface area contributed by atoms with Crippen molar-refractivity contribution in [1.29, 1.82) is 0 Å². The van der Waals surface area contributed by atoms with Gasteiger partial charge in [0.25, 0.3) is 5.56 Å². The van der Waals surface area contributed by atoms with Gasteiger partial charge in [-0.05, 0) is 52.7 Å². The molecule has 202 valence electrons. The quantitative estimate of drug-likeness (QED) is 0.351. The number of anilines is 2. The van der Waals surface area contributed by atoms with Crippen LogP contribution in [0.4, 0.5) is 11.6 Å². The number of fused-ring (bicyclic) bond motifs is 1. The van der Waals surface area contributed by atoms with Gasteiger partial charge in [-0.2, -0.15) is 4.98 Å². The van der Waals surface area contributed by atoms with E-state index in [1.54, 1.807) is 44.4 Å². The predicted molar refractivity (Wildman–Crippen MR) is 145 cm³/mol. The van der Waals surface area contributed by atoms with Gasteiger partial charge in [0.1, 0.15) is 12.1 Å². The molecule has 12 nitrogen and oxygen atoms in total. The molecule has 1 unspecified atom stereocenters. The van der Waals surface area contributed by atoms with E-state index in [2.05, 4.69) is 16.8 Å². The van der Waals surface area contributed by atoms with Crippen LogP contribution >= 0.6 is 0 Å². The van der Waals surface area contributed by atoms with Crippen molar-refractivity contribution in [3.63, 3.8) is 0 Å². The molecule has 1 fully saturated rings. The van der Waals surface area contributed by atoms with Gasteiger partial charge in [0.2, 0.25) is 5.95 Å². The number of carbonyl (C=O) groups excluding carboxylic acids is 1. The van der Waals surface area contributed by atoms with Crippen molar-refractivity contribution in [3.05, 3.63) is 44.9 Å². The number of rotatable bonds is 6. The van der Waals surface area contributed by atoms with Gasteiger partial charge in [-0.25, -0.2) is 4.79 Å². The number of esters is 1. The maximum atomic E-state index is 13.9. The van der Waals surface area contributed by atoms with E-state index in [4.69, 9.17) is 21.2 Å². The summed E-state index contributed by atoms with van der Waals surface area (Å²) < 4.78 is 9.37. The summed E-state index contributed by atoms with van der Waals surface area (Å²) in [4.78, 5) is 51.4. The number of imidazole rings is 1. The zero-order valence-corrected chi connectivity index (χ0v) is 22.2. The lowest BCUT2D eigenvalue weighted by atomic mass is 10.1. The molecule has 1 atom stereocenters. The Morgan fingerprint density at radius 2 is 2.00 bits per heavy atom. The van der Waals surface area contributed by atoms with Gasteiger partial charge < -0.3 is 21.1 Å². The third-order valence-corrected chi connectivity index (χ3v) is 6.19. The molecule has 38 heavy (non-hydrogen) atoms. The zero-order chi connectivity index (χ0) is 27.6. The summed E-state index contributed by atoms with van der Waals surface area (Å²) in [5.74, 6) is 5.70. The van der Waals surface area contributed by atoms with Crippen molar-refractivity contribution in [2.24, 2.45) is 5.73 Å². The summed E-state index contributed by atoms with van der Waals surface area (Å²) in [6.45, 7) is 7.71. The van der Waals surface area contributed by atoms with Crippen LogP contribution in [0.3, 0.4) is 0 Å². The number of piperidine rings is 1. The second-order valence-corrected chi connectivity index (χ2v) is 10.3. The Kier molecular flexibility index (Phi) is 7.59. The van der Waals surface area contributed by atoms with Crippen LogP contribution in [0.1, 0.15) is 46.2 Å². The van der Waals surface area contributed by atoms with Crippen molar-refractivity contribution in [2.45, 2.75) is 71.8 Å². The third-order valence-electron chi connectivity index (χ3n) is 6.19. The highest BCUT2D eigenvalue weighted by Crippen LogP contribution is 2.23. The maximum Gasteiger partial charge on any atom is 0.333 e. The highest BCUT2D eigenvalue weighted by molar-refractivity contribution is 5.78. The summed E-state index contributed by atoms with van der Waals surface area (Å²) in [6.07, 6.45) is 3.28. The molecule has 0 aromatic carbocycles. The molecule has 1 aliphatic rings. The minimum atomic E-state index is -0.762. The number of nitrogens with two attached hydrogens (primary N) is 2. The van der Waals surface area contributed by atoms with E-state index in [1.807, 2.05) is 4.90 Å². The van der Waals surface area contributed by atoms with Crippen LogP contribution in [0.25, 0.3) is 11.2 Å². The van der Waals surface area contributed by atoms with E-state index in [1.165, 1.54) is 10.8 Å². The molecule has 0 saturated carbocycles. The van der Waals surface area contributed by atoms with Crippen LogP contribution in [0.15, 0.2) is 27.9 Å². The van der Waals surface area contributed by atoms with Crippen LogP contribution in [0.5, 0.6) is 0 Å². The Hall–Kier alpha value is -4.11. The highest BCUT2D eigenvalue weighted by atomic mass is 16.6.